The Morgan fingerprint density at radius 3 is 1.76 bits per heavy atom. The minimum Gasteiger partial charge on any atom is -0.318 e. The molecule has 1 amide bonds. The predicted octanol–water partition coefficient (Wildman–Crippen LogP) is 3.74. The third-order valence-electron chi connectivity index (χ3n) is 3.70. The Morgan fingerprint density at radius 1 is 0.600 bits per heavy atom. The highest BCUT2D eigenvalue weighted by molar-refractivity contribution is 6.46. The number of carbonyl (C=O) groups excluding carboxylic acids is 3. The van der Waals surface area contributed by atoms with E-state index >= 15 is 0 Å². The summed E-state index contributed by atoms with van der Waals surface area (Å²) in [6, 6.07) is 23.7. The van der Waals surface area contributed by atoms with Crippen LogP contribution in [-0.2, 0) is 4.79 Å². The van der Waals surface area contributed by atoms with Gasteiger partial charge >= 0.3 is 0 Å². The molecule has 1 N–H and O–H groups in total. The smallest absolute Gasteiger partial charge is 0.296 e. The Labute approximate surface area is 145 Å². The highest BCUT2D eigenvalue weighted by Crippen LogP contribution is 2.19. The van der Waals surface area contributed by atoms with E-state index in [4.69, 9.17) is 0 Å². The minimum absolute atomic E-state index is 0.219. The maximum absolute atomic E-state index is 12.7. The monoisotopic (exact) mass is 329 g/mol. The van der Waals surface area contributed by atoms with Crippen molar-refractivity contribution in [1.82, 2.24) is 0 Å². The summed E-state index contributed by atoms with van der Waals surface area (Å²) in [5.74, 6) is -1.65. The quantitative estimate of drug-likeness (QED) is 0.573. The van der Waals surface area contributed by atoms with Gasteiger partial charge in [0.1, 0.15) is 0 Å². The maximum atomic E-state index is 12.7. The zero-order chi connectivity index (χ0) is 17.6. The molecule has 0 aromatic heterocycles. The SMILES string of the molecule is O=C(Nc1ccccc1C(=O)c1ccccc1)C(=O)c1ccccc1. The van der Waals surface area contributed by atoms with Gasteiger partial charge in [0, 0.05) is 16.7 Å². The van der Waals surface area contributed by atoms with E-state index in [9.17, 15) is 14.4 Å². The molecule has 0 heterocycles. The van der Waals surface area contributed by atoms with Crippen LogP contribution >= 0.6 is 0 Å². The fourth-order valence-corrected chi connectivity index (χ4v) is 2.43. The number of nitrogens with one attached hydrogen (secondary N) is 1. The van der Waals surface area contributed by atoms with Crippen molar-refractivity contribution in [3.05, 3.63) is 102 Å². The second-order valence-electron chi connectivity index (χ2n) is 5.39. The van der Waals surface area contributed by atoms with Crippen molar-refractivity contribution < 1.29 is 14.4 Å². The molecule has 0 radical (unpaired) electrons. The van der Waals surface area contributed by atoms with Gasteiger partial charge in [-0.1, -0.05) is 72.8 Å². The zero-order valence-corrected chi connectivity index (χ0v) is 13.3. The summed E-state index contributed by atoms with van der Waals surface area (Å²) in [7, 11) is 0. The number of para-hydroxylation sites is 1. The van der Waals surface area contributed by atoms with Crippen molar-refractivity contribution in [2.45, 2.75) is 0 Å². The number of hydrogen-bond donors (Lipinski definition) is 1. The van der Waals surface area contributed by atoms with Gasteiger partial charge in [-0.3, -0.25) is 14.4 Å². The minimum atomic E-state index is -0.778. The van der Waals surface area contributed by atoms with E-state index in [0.717, 1.165) is 0 Å². The van der Waals surface area contributed by atoms with E-state index in [1.807, 2.05) is 6.07 Å². The van der Waals surface area contributed by atoms with Crippen molar-refractivity contribution in [3.63, 3.8) is 0 Å². The average Bonchev–Trinajstić information content (AvgIpc) is 2.68. The number of Topliss-reactive ketones (excluding diaryl/α,β-unsaturated/α-hetero) is 1. The molecule has 122 valence electrons. The van der Waals surface area contributed by atoms with E-state index in [1.165, 1.54) is 0 Å². The van der Waals surface area contributed by atoms with E-state index in [1.54, 1.807) is 78.9 Å². The van der Waals surface area contributed by atoms with Gasteiger partial charge in [0.2, 0.25) is 0 Å². The summed E-state index contributed by atoms with van der Waals surface area (Å²) >= 11 is 0. The van der Waals surface area contributed by atoms with Crippen LogP contribution in [0.3, 0.4) is 0 Å². The summed E-state index contributed by atoms with van der Waals surface area (Å²) in [5, 5.41) is 2.55. The van der Waals surface area contributed by atoms with Crippen LogP contribution in [0.25, 0.3) is 0 Å². The predicted molar refractivity (Wildman–Crippen MR) is 95.7 cm³/mol. The molecule has 0 fully saturated rings. The summed E-state index contributed by atoms with van der Waals surface area (Å²) in [6.45, 7) is 0. The van der Waals surface area contributed by atoms with Crippen molar-refractivity contribution in [1.29, 1.82) is 0 Å². The summed E-state index contributed by atoms with van der Waals surface area (Å²) in [6.07, 6.45) is 0. The summed E-state index contributed by atoms with van der Waals surface area (Å²) in [4.78, 5) is 37.1. The lowest BCUT2D eigenvalue weighted by molar-refractivity contribution is -0.112. The Hall–Kier alpha value is -3.53. The van der Waals surface area contributed by atoms with Crippen LogP contribution < -0.4 is 5.32 Å². The molecule has 0 bridgehead atoms. The molecule has 0 aliphatic carbocycles. The topological polar surface area (TPSA) is 63.2 Å². The van der Waals surface area contributed by atoms with Crippen LogP contribution in [0.1, 0.15) is 26.3 Å². The molecular weight excluding hydrogens is 314 g/mol. The number of rotatable bonds is 5. The molecule has 4 heteroatoms. The number of benzene rings is 3. The van der Waals surface area contributed by atoms with Crippen LogP contribution in [0.2, 0.25) is 0 Å². The lowest BCUT2D eigenvalue weighted by Crippen LogP contribution is -2.24. The molecule has 4 nitrogen and oxygen atoms in total. The van der Waals surface area contributed by atoms with E-state index < -0.39 is 11.7 Å². The third kappa shape index (κ3) is 3.70. The van der Waals surface area contributed by atoms with E-state index in [0.29, 0.717) is 22.4 Å². The molecule has 0 aliphatic heterocycles. The molecule has 25 heavy (non-hydrogen) atoms. The standard InChI is InChI=1S/C21H15NO3/c23-19(15-9-3-1-4-10-15)17-13-7-8-14-18(17)22-21(25)20(24)16-11-5-2-6-12-16/h1-14H,(H,22,25). The first-order valence-electron chi connectivity index (χ1n) is 7.76. The highest BCUT2D eigenvalue weighted by Gasteiger charge is 2.19. The average molecular weight is 329 g/mol. The number of carbonyl (C=O) groups is 3. The van der Waals surface area contributed by atoms with Crippen molar-refractivity contribution in [3.8, 4) is 0 Å². The maximum Gasteiger partial charge on any atom is 0.296 e. The van der Waals surface area contributed by atoms with Gasteiger partial charge in [-0.2, -0.15) is 0 Å². The van der Waals surface area contributed by atoms with Crippen LogP contribution in [0.4, 0.5) is 5.69 Å². The van der Waals surface area contributed by atoms with Gasteiger partial charge in [-0.15, -0.1) is 0 Å². The molecule has 0 atom stereocenters. The lowest BCUT2D eigenvalue weighted by Gasteiger charge is -2.10. The van der Waals surface area contributed by atoms with E-state index in [2.05, 4.69) is 5.32 Å². The molecule has 0 unspecified atom stereocenters. The molecule has 0 saturated heterocycles. The van der Waals surface area contributed by atoms with Gasteiger partial charge < -0.3 is 5.32 Å². The largest absolute Gasteiger partial charge is 0.318 e. The van der Waals surface area contributed by atoms with Crippen LogP contribution in [-0.4, -0.2) is 17.5 Å². The third-order valence-corrected chi connectivity index (χ3v) is 3.70. The molecular formula is C21H15NO3. The first-order chi connectivity index (χ1) is 12.2. The highest BCUT2D eigenvalue weighted by atomic mass is 16.2. The Kier molecular flexibility index (Phi) is 4.81. The molecule has 3 aromatic rings. The van der Waals surface area contributed by atoms with Gasteiger partial charge in [-0.05, 0) is 12.1 Å². The molecule has 0 saturated carbocycles. The molecule has 0 spiro atoms. The Bertz CT molecular complexity index is 918. The molecule has 3 rings (SSSR count). The molecule has 3 aromatic carbocycles. The number of anilines is 1. The van der Waals surface area contributed by atoms with Crippen LogP contribution in [0.15, 0.2) is 84.9 Å². The summed E-state index contributed by atoms with van der Waals surface area (Å²) < 4.78 is 0. The molecule has 0 aliphatic rings. The van der Waals surface area contributed by atoms with Crippen molar-refractivity contribution >= 4 is 23.2 Å². The van der Waals surface area contributed by atoms with Gasteiger partial charge in [0.25, 0.3) is 11.7 Å². The lowest BCUT2D eigenvalue weighted by atomic mass is 10.0. The normalized spacial score (nSPS) is 10.1. The fraction of sp³-hybridized carbons (Fsp3) is 0. The van der Waals surface area contributed by atoms with Crippen LogP contribution in [0.5, 0.6) is 0 Å². The van der Waals surface area contributed by atoms with Crippen molar-refractivity contribution in [2.24, 2.45) is 0 Å². The Morgan fingerprint density at radius 2 is 1.12 bits per heavy atom. The second-order valence-corrected chi connectivity index (χ2v) is 5.39. The Balaban J connectivity index is 1.85. The van der Waals surface area contributed by atoms with Gasteiger partial charge in [-0.25, -0.2) is 0 Å². The van der Waals surface area contributed by atoms with E-state index in [-0.39, 0.29) is 5.78 Å². The summed E-state index contributed by atoms with van der Waals surface area (Å²) in [5.41, 5.74) is 1.46. The zero-order valence-electron chi connectivity index (χ0n) is 13.3. The number of ketones is 2. The van der Waals surface area contributed by atoms with Crippen molar-refractivity contribution in [2.75, 3.05) is 5.32 Å². The second kappa shape index (κ2) is 7.36. The van der Waals surface area contributed by atoms with Gasteiger partial charge in [0.05, 0.1) is 5.69 Å². The number of hydrogen-bond acceptors (Lipinski definition) is 3. The van der Waals surface area contributed by atoms with Crippen LogP contribution in [0, 0.1) is 0 Å². The van der Waals surface area contributed by atoms with Gasteiger partial charge in [0.15, 0.2) is 5.78 Å². The first kappa shape index (κ1) is 16.3. The fourth-order valence-electron chi connectivity index (χ4n) is 2.43. The number of amides is 1. The first-order valence-corrected chi connectivity index (χ1v) is 7.76.